The van der Waals surface area contributed by atoms with Crippen LogP contribution in [-0.4, -0.2) is 46.8 Å². The van der Waals surface area contributed by atoms with Crippen LogP contribution in [0.15, 0.2) is 0 Å². The van der Waals surface area contributed by atoms with E-state index in [1.54, 1.807) is 0 Å². The van der Waals surface area contributed by atoms with Gasteiger partial charge in [0, 0.05) is 0 Å². The van der Waals surface area contributed by atoms with E-state index in [2.05, 4.69) is 19.2 Å². The van der Waals surface area contributed by atoms with Crippen molar-refractivity contribution in [2.45, 2.75) is 155 Å². The quantitative estimate of drug-likeness (QED) is 0.0739. The molecule has 0 saturated heterocycles. The van der Waals surface area contributed by atoms with Crippen LogP contribution in [0.5, 0.6) is 0 Å². The maximum absolute atomic E-state index is 13.0. The summed E-state index contributed by atoms with van der Waals surface area (Å²) in [5.74, 6) is -1.37. The Morgan fingerprint density at radius 2 is 1.36 bits per heavy atom. The molecule has 7 nitrogen and oxygen atoms in total. The Hall–Kier alpha value is -1.63. The number of rotatable bonds is 25. The molecule has 0 spiro atoms. The number of ether oxygens (including phenoxy) is 1. The molecule has 3 N–H and O–H groups in total. The van der Waals surface area contributed by atoms with E-state index in [9.17, 15) is 19.5 Å². The largest absolute Gasteiger partial charge is 0.481 e. The van der Waals surface area contributed by atoms with E-state index in [4.69, 9.17) is 9.84 Å². The fraction of sp³-hybridized carbons (Fsp3) is 0.897. The molecule has 0 aliphatic rings. The van der Waals surface area contributed by atoms with Gasteiger partial charge in [0.05, 0.1) is 12.5 Å². The van der Waals surface area contributed by atoms with Gasteiger partial charge in [0.15, 0.2) is 0 Å². The molecule has 0 aromatic heterocycles. The first-order valence-corrected chi connectivity index (χ1v) is 14.5. The molecule has 4 atom stereocenters. The van der Waals surface area contributed by atoms with Crippen molar-refractivity contribution in [3.8, 4) is 0 Å². The molecule has 0 aromatic carbocycles. The Balaban J connectivity index is 5.22. The molecule has 0 aliphatic heterocycles. The van der Waals surface area contributed by atoms with E-state index in [1.807, 2.05) is 13.8 Å². The molecule has 1 amide bonds. The second-order valence-electron chi connectivity index (χ2n) is 10.8. The zero-order valence-electron chi connectivity index (χ0n) is 23.5. The topological polar surface area (TPSA) is 113 Å². The lowest BCUT2D eigenvalue weighted by Gasteiger charge is -2.30. The smallest absolute Gasteiger partial charge is 0.328 e. The van der Waals surface area contributed by atoms with E-state index in [-0.39, 0.29) is 18.3 Å². The monoisotopic (exact) mass is 513 g/mol. The number of carboxylic acid groups (broad SMARTS) is 1. The molecule has 1 unspecified atom stereocenters. The molecular weight excluding hydrogens is 458 g/mol. The molecule has 212 valence electrons. The van der Waals surface area contributed by atoms with Crippen molar-refractivity contribution in [1.29, 1.82) is 0 Å². The van der Waals surface area contributed by atoms with Crippen LogP contribution in [0.3, 0.4) is 0 Å². The third kappa shape index (κ3) is 18.6. The summed E-state index contributed by atoms with van der Waals surface area (Å²) in [5, 5.41) is 22.1. The average Bonchev–Trinajstić information content (AvgIpc) is 2.80. The van der Waals surface area contributed by atoms with Gasteiger partial charge < -0.3 is 20.3 Å². The molecule has 0 rings (SSSR count). The number of carbonyl (C=O) groups excluding carboxylic acids is 2. The number of esters is 1. The Morgan fingerprint density at radius 1 is 0.833 bits per heavy atom. The van der Waals surface area contributed by atoms with Crippen LogP contribution in [0, 0.1) is 11.8 Å². The minimum absolute atomic E-state index is 0.111. The molecule has 7 heteroatoms. The van der Waals surface area contributed by atoms with Gasteiger partial charge in [-0.1, -0.05) is 98.3 Å². The van der Waals surface area contributed by atoms with Crippen LogP contribution < -0.4 is 5.32 Å². The second-order valence-corrected chi connectivity index (χ2v) is 10.8. The zero-order chi connectivity index (χ0) is 27.2. The molecule has 0 radical (unpaired) electrons. The van der Waals surface area contributed by atoms with Gasteiger partial charge >= 0.3 is 11.9 Å². The predicted molar refractivity (Wildman–Crippen MR) is 145 cm³/mol. The van der Waals surface area contributed by atoms with Crippen molar-refractivity contribution in [2.24, 2.45) is 11.8 Å². The van der Waals surface area contributed by atoms with E-state index in [0.29, 0.717) is 25.7 Å². The number of aliphatic hydroxyl groups is 1. The van der Waals surface area contributed by atoms with Gasteiger partial charge in [-0.2, -0.15) is 0 Å². The van der Waals surface area contributed by atoms with E-state index >= 15 is 0 Å². The van der Waals surface area contributed by atoms with Gasteiger partial charge in [-0.3, -0.25) is 9.59 Å². The maximum atomic E-state index is 13.0. The summed E-state index contributed by atoms with van der Waals surface area (Å²) < 4.78 is 5.99. The Morgan fingerprint density at radius 3 is 1.89 bits per heavy atom. The summed E-state index contributed by atoms with van der Waals surface area (Å²) in [4.78, 5) is 35.2. The van der Waals surface area contributed by atoms with Crippen LogP contribution >= 0.6 is 0 Å². The SMILES string of the molecule is CCCCCCCCCCC[C@@H](C[C@@H](O)CC(=O)O)C(CCCCC)OC(=O)[C@H](CC(C)C)NC=O. The van der Waals surface area contributed by atoms with Crippen LogP contribution in [0.25, 0.3) is 0 Å². The summed E-state index contributed by atoms with van der Waals surface area (Å²) in [7, 11) is 0. The van der Waals surface area contributed by atoms with Crippen LogP contribution in [0.1, 0.15) is 137 Å². The molecule has 0 bridgehead atoms. The first kappa shape index (κ1) is 34.4. The number of nitrogens with one attached hydrogen (secondary N) is 1. The number of carbonyl (C=O) groups is 3. The summed E-state index contributed by atoms with van der Waals surface area (Å²) in [6.07, 6.45) is 14.9. The van der Waals surface area contributed by atoms with Crippen LogP contribution in [0.4, 0.5) is 0 Å². The zero-order valence-corrected chi connectivity index (χ0v) is 23.5. The standard InChI is InChI=1S/C29H55NO6/c1-5-7-9-10-11-12-13-14-16-17-24(20-25(32)21-28(33)34)27(18-15-8-6-2)36-29(35)26(30-22-31)19-23(3)4/h22-27,32H,5-21H2,1-4H3,(H,30,31)(H,33,34)/t24-,25+,26-,27?/m0/s1. The molecular formula is C29H55NO6. The van der Waals surface area contributed by atoms with Crippen LogP contribution in [-0.2, 0) is 19.1 Å². The summed E-state index contributed by atoms with van der Waals surface area (Å²) in [6, 6.07) is -0.700. The lowest BCUT2D eigenvalue weighted by atomic mass is 9.86. The molecule has 0 saturated carbocycles. The summed E-state index contributed by atoms with van der Waals surface area (Å²) in [6.45, 7) is 8.31. The number of unbranched alkanes of at least 4 members (excludes halogenated alkanes) is 10. The number of aliphatic carboxylic acids is 1. The van der Waals surface area contributed by atoms with Crippen molar-refractivity contribution < 1.29 is 29.3 Å². The van der Waals surface area contributed by atoms with Crippen molar-refractivity contribution in [1.82, 2.24) is 5.32 Å². The minimum atomic E-state index is -1.03. The number of amides is 1. The van der Waals surface area contributed by atoms with E-state index < -0.39 is 30.2 Å². The highest BCUT2D eigenvalue weighted by Gasteiger charge is 2.30. The number of aliphatic hydroxyl groups excluding tert-OH is 1. The average molecular weight is 514 g/mol. The first-order valence-electron chi connectivity index (χ1n) is 14.5. The number of hydrogen-bond acceptors (Lipinski definition) is 5. The van der Waals surface area contributed by atoms with Gasteiger partial charge in [-0.25, -0.2) is 4.79 Å². The number of carboxylic acids is 1. The Kier molecular flexibility index (Phi) is 21.5. The van der Waals surface area contributed by atoms with Crippen molar-refractivity contribution >= 4 is 18.3 Å². The molecule has 0 fully saturated rings. The van der Waals surface area contributed by atoms with E-state index in [1.165, 1.54) is 38.5 Å². The van der Waals surface area contributed by atoms with Crippen LogP contribution in [0.2, 0.25) is 0 Å². The molecule has 0 aliphatic carbocycles. The summed E-state index contributed by atoms with van der Waals surface area (Å²) >= 11 is 0. The van der Waals surface area contributed by atoms with Gasteiger partial charge in [0.25, 0.3) is 0 Å². The highest BCUT2D eigenvalue weighted by molar-refractivity contribution is 5.78. The number of hydrogen-bond donors (Lipinski definition) is 3. The molecule has 36 heavy (non-hydrogen) atoms. The Labute approximate surface area is 220 Å². The lowest BCUT2D eigenvalue weighted by molar-refractivity contribution is -0.157. The fourth-order valence-corrected chi connectivity index (χ4v) is 4.81. The van der Waals surface area contributed by atoms with Crippen molar-refractivity contribution in [3.63, 3.8) is 0 Å². The third-order valence-corrected chi connectivity index (χ3v) is 6.81. The summed E-state index contributed by atoms with van der Waals surface area (Å²) in [5.41, 5.74) is 0. The predicted octanol–water partition coefficient (Wildman–Crippen LogP) is 6.40. The third-order valence-electron chi connectivity index (χ3n) is 6.81. The fourth-order valence-electron chi connectivity index (χ4n) is 4.81. The highest BCUT2D eigenvalue weighted by atomic mass is 16.5. The minimum Gasteiger partial charge on any atom is -0.481 e. The lowest BCUT2D eigenvalue weighted by Crippen LogP contribution is -2.41. The van der Waals surface area contributed by atoms with Gasteiger partial charge in [0.2, 0.25) is 6.41 Å². The Bertz CT molecular complexity index is 568. The first-order chi connectivity index (χ1) is 17.2. The maximum Gasteiger partial charge on any atom is 0.328 e. The van der Waals surface area contributed by atoms with Gasteiger partial charge in [0.1, 0.15) is 12.1 Å². The second kappa shape index (κ2) is 22.6. The van der Waals surface area contributed by atoms with Gasteiger partial charge in [-0.05, 0) is 43.9 Å². The van der Waals surface area contributed by atoms with Gasteiger partial charge in [-0.15, -0.1) is 0 Å². The highest BCUT2D eigenvalue weighted by Crippen LogP contribution is 2.28. The molecule has 0 heterocycles. The van der Waals surface area contributed by atoms with Crippen molar-refractivity contribution in [2.75, 3.05) is 0 Å². The van der Waals surface area contributed by atoms with E-state index in [0.717, 1.165) is 44.9 Å². The normalized spacial score (nSPS) is 14.7. The van der Waals surface area contributed by atoms with Crippen molar-refractivity contribution in [3.05, 3.63) is 0 Å². The molecule has 0 aromatic rings.